The molecular weight excluding hydrogens is 268 g/mol. The van der Waals surface area contributed by atoms with Crippen LogP contribution >= 0.6 is 11.6 Å². The van der Waals surface area contributed by atoms with E-state index < -0.39 is 6.04 Å². The summed E-state index contributed by atoms with van der Waals surface area (Å²) in [7, 11) is 1.47. The van der Waals surface area contributed by atoms with Gasteiger partial charge in [-0.25, -0.2) is 4.98 Å². The molecule has 1 aliphatic rings. The fourth-order valence-electron chi connectivity index (χ4n) is 2.36. The molecule has 1 aromatic carbocycles. The van der Waals surface area contributed by atoms with Gasteiger partial charge in [0.05, 0.1) is 17.5 Å². The number of anilines is 1. The summed E-state index contributed by atoms with van der Waals surface area (Å²) < 4.78 is 1.59. The number of rotatable bonds is 1. The topological polar surface area (TPSA) is 81.2 Å². The van der Waals surface area contributed by atoms with E-state index in [1.54, 1.807) is 22.8 Å². The van der Waals surface area contributed by atoms with Crippen LogP contribution in [0, 0.1) is 0 Å². The highest BCUT2D eigenvalue weighted by Gasteiger charge is 2.38. The SMILES string of the molecule is CN1C(=O)CC(n2c(N)nc3cc(Cl)ccc32)C1=O. The second-order valence-corrected chi connectivity index (χ2v) is 4.92. The van der Waals surface area contributed by atoms with E-state index in [0.29, 0.717) is 16.1 Å². The number of carbonyl (C=O) groups excluding carboxylic acids is 2. The zero-order valence-corrected chi connectivity index (χ0v) is 10.9. The molecule has 1 atom stereocenters. The van der Waals surface area contributed by atoms with Gasteiger partial charge in [-0.2, -0.15) is 0 Å². The Bertz CT molecular complexity index is 709. The summed E-state index contributed by atoms with van der Waals surface area (Å²) in [5.74, 6) is -0.283. The minimum Gasteiger partial charge on any atom is -0.369 e. The Balaban J connectivity index is 2.18. The Labute approximate surface area is 113 Å². The molecule has 1 saturated heterocycles. The minimum atomic E-state index is -0.622. The van der Waals surface area contributed by atoms with Crippen molar-refractivity contribution in [2.45, 2.75) is 12.5 Å². The van der Waals surface area contributed by atoms with Crippen LogP contribution in [0.5, 0.6) is 0 Å². The van der Waals surface area contributed by atoms with Crippen LogP contribution in [0.4, 0.5) is 5.95 Å². The van der Waals surface area contributed by atoms with Gasteiger partial charge in [0.1, 0.15) is 6.04 Å². The monoisotopic (exact) mass is 278 g/mol. The number of likely N-dealkylation sites (N-methyl/N-ethyl adjacent to an activating group) is 1. The highest BCUT2D eigenvalue weighted by atomic mass is 35.5. The maximum absolute atomic E-state index is 12.1. The zero-order chi connectivity index (χ0) is 13.7. The molecule has 6 nitrogen and oxygen atoms in total. The van der Waals surface area contributed by atoms with Gasteiger partial charge >= 0.3 is 0 Å². The number of hydrogen-bond acceptors (Lipinski definition) is 4. The van der Waals surface area contributed by atoms with Crippen LogP contribution in [-0.2, 0) is 9.59 Å². The van der Waals surface area contributed by atoms with Gasteiger partial charge in [-0.15, -0.1) is 0 Å². The van der Waals surface area contributed by atoms with Crippen molar-refractivity contribution in [3.63, 3.8) is 0 Å². The normalized spacial score (nSPS) is 19.7. The summed E-state index contributed by atoms with van der Waals surface area (Å²) in [6.45, 7) is 0. The molecule has 1 aromatic heterocycles. The molecule has 0 radical (unpaired) electrons. The fraction of sp³-hybridized carbons (Fsp3) is 0.250. The molecule has 2 N–H and O–H groups in total. The number of fused-ring (bicyclic) bond motifs is 1. The first kappa shape index (κ1) is 12.0. The van der Waals surface area contributed by atoms with E-state index in [1.807, 2.05) is 0 Å². The summed E-state index contributed by atoms with van der Waals surface area (Å²) in [5.41, 5.74) is 7.17. The first-order valence-electron chi connectivity index (χ1n) is 5.72. The maximum atomic E-state index is 12.1. The maximum Gasteiger partial charge on any atom is 0.252 e. The molecule has 2 heterocycles. The second kappa shape index (κ2) is 3.96. The van der Waals surface area contributed by atoms with Gasteiger partial charge in [-0.1, -0.05) is 11.6 Å². The summed E-state index contributed by atoms with van der Waals surface area (Å²) in [5, 5.41) is 0.545. The lowest BCUT2D eigenvalue weighted by Gasteiger charge is -2.12. The molecule has 19 heavy (non-hydrogen) atoms. The van der Waals surface area contributed by atoms with Gasteiger partial charge in [-0.3, -0.25) is 19.1 Å². The number of nitrogens with zero attached hydrogens (tertiary/aromatic N) is 3. The van der Waals surface area contributed by atoms with Crippen LogP contribution in [0.25, 0.3) is 11.0 Å². The number of nitrogen functional groups attached to an aromatic ring is 1. The molecule has 1 aliphatic heterocycles. The van der Waals surface area contributed by atoms with Crippen LogP contribution in [0.1, 0.15) is 12.5 Å². The van der Waals surface area contributed by atoms with Crippen LogP contribution in [0.15, 0.2) is 18.2 Å². The van der Waals surface area contributed by atoms with Crippen molar-refractivity contribution in [2.24, 2.45) is 0 Å². The third-order valence-electron chi connectivity index (χ3n) is 3.35. The smallest absolute Gasteiger partial charge is 0.252 e. The lowest BCUT2D eigenvalue weighted by molar-refractivity contribution is -0.137. The summed E-state index contributed by atoms with van der Waals surface area (Å²) >= 11 is 5.90. The summed E-state index contributed by atoms with van der Waals surface area (Å²) in [6.07, 6.45) is 0.105. The first-order chi connectivity index (χ1) is 8.99. The number of imide groups is 1. The van der Waals surface area contributed by atoms with Crippen molar-refractivity contribution < 1.29 is 9.59 Å². The molecule has 0 saturated carbocycles. The molecule has 0 aliphatic carbocycles. The highest BCUT2D eigenvalue weighted by molar-refractivity contribution is 6.31. The Morgan fingerprint density at radius 3 is 2.79 bits per heavy atom. The van der Waals surface area contributed by atoms with Crippen LogP contribution in [0.3, 0.4) is 0 Å². The summed E-state index contributed by atoms with van der Waals surface area (Å²) in [6, 6.07) is 4.50. The Hall–Kier alpha value is -2.08. The number of halogens is 1. The molecule has 2 amide bonds. The number of hydrogen-bond donors (Lipinski definition) is 1. The lowest BCUT2D eigenvalue weighted by atomic mass is 10.2. The third kappa shape index (κ3) is 1.67. The molecule has 1 fully saturated rings. The Kier molecular flexibility index (Phi) is 2.50. The van der Waals surface area contributed by atoms with E-state index >= 15 is 0 Å². The molecule has 7 heteroatoms. The van der Waals surface area contributed by atoms with Gasteiger partial charge in [-0.05, 0) is 18.2 Å². The quantitative estimate of drug-likeness (QED) is 0.795. The number of carbonyl (C=O) groups is 2. The number of amides is 2. The van der Waals surface area contributed by atoms with Gasteiger partial charge in [0.25, 0.3) is 5.91 Å². The standard InChI is InChI=1S/C12H11ClN4O2/c1-16-10(18)5-9(11(16)19)17-8-3-2-6(13)4-7(8)15-12(17)14/h2-4,9H,5H2,1H3,(H2,14,15). The van der Waals surface area contributed by atoms with Gasteiger partial charge in [0.2, 0.25) is 11.9 Å². The molecule has 1 unspecified atom stereocenters. The zero-order valence-electron chi connectivity index (χ0n) is 10.1. The first-order valence-corrected chi connectivity index (χ1v) is 6.10. The second-order valence-electron chi connectivity index (χ2n) is 4.48. The number of nitrogens with two attached hydrogens (primary N) is 1. The van der Waals surface area contributed by atoms with Crippen LogP contribution < -0.4 is 5.73 Å². The van der Waals surface area contributed by atoms with Crippen molar-refractivity contribution in [1.29, 1.82) is 0 Å². The van der Waals surface area contributed by atoms with Crippen LogP contribution in [-0.4, -0.2) is 33.3 Å². The average Bonchev–Trinajstić information content (AvgIpc) is 2.80. The van der Waals surface area contributed by atoms with E-state index in [9.17, 15) is 9.59 Å². The Morgan fingerprint density at radius 2 is 2.16 bits per heavy atom. The van der Waals surface area contributed by atoms with Gasteiger partial charge in [0, 0.05) is 12.1 Å². The van der Waals surface area contributed by atoms with Crippen molar-refractivity contribution in [3.8, 4) is 0 Å². The summed E-state index contributed by atoms with van der Waals surface area (Å²) in [4.78, 5) is 28.9. The molecular formula is C12H11ClN4O2. The largest absolute Gasteiger partial charge is 0.369 e. The minimum absolute atomic E-state index is 0.105. The van der Waals surface area contributed by atoms with Crippen molar-refractivity contribution in [1.82, 2.24) is 14.5 Å². The number of likely N-dealkylation sites (tertiary alicyclic amines) is 1. The molecule has 2 aromatic rings. The molecule has 3 rings (SSSR count). The van der Waals surface area contributed by atoms with Crippen molar-refractivity contribution >= 4 is 40.4 Å². The third-order valence-corrected chi connectivity index (χ3v) is 3.58. The number of benzene rings is 1. The van der Waals surface area contributed by atoms with E-state index in [0.717, 1.165) is 4.90 Å². The van der Waals surface area contributed by atoms with E-state index in [1.165, 1.54) is 7.05 Å². The average molecular weight is 279 g/mol. The van der Waals surface area contributed by atoms with Gasteiger partial charge < -0.3 is 5.73 Å². The van der Waals surface area contributed by atoms with Crippen LogP contribution in [0.2, 0.25) is 5.02 Å². The molecule has 0 spiro atoms. The number of aromatic nitrogens is 2. The van der Waals surface area contributed by atoms with E-state index in [4.69, 9.17) is 17.3 Å². The molecule has 98 valence electrons. The van der Waals surface area contributed by atoms with Gasteiger partial charge in [0.15, 0.2) is 0 Å². The lowest BCUT2D eigenvalue weighted by Crippen LogP contribution is -2.27. The predicted molar refractivity (Wildman–Crippen MR) is 70.6 cm³/mol. The fourth-order valence-corrected chi connectivity index (χ4v) is 2.52. The highest BCUT2D eigenvalue weighted by Crippen LogP contribution is 2.31. The number of imidazole rings is 1. The Morgan fingerprint density at radius 1 is 1.42 bits per heavy atom. The predicted octanol–water partition coefficient (Wildman–Crippen LogP) is 1.20. The van der Waals surface area contributed by atoms with Crippen molar-refractivity contribution in [3.05, 3.63) is 23.2 Å². The molecule has 0 bridgehead atoms. The van der Waals surface area contributed by atoms with E-state index in [-0.39, 0.29) is 24.2 Å². The van der Waals surface area contributed by atoms with E-state index in [2.05, 4.69) is 4.98 Å². The van der Waals surface area contributed by atoms with Crippen molar-refractivity contribution in [2.75, 3.05) is 12.8 Å².